The molecule has 19 heavy (non-hydrogen) atoms. The van der Waals surface area contributed by atoms with Crippen molar-refractivity contribution < 1.29 is 17.6 Å². The van der Waals surface area contributed by atoms with E-state index in [9.17, 15) is 17.6 Å². The van der Waals surface area contributed by atoms with Crippen LogP contribution >= 0.6 is 24.0 Å². The maximum absolute atomic E-state index is 13.4. The van der Waals surface area contributed by atoms with Crippen LogP contribution in [0.2, 0.25) is 5.02 Å². The highest BCUT2D eigenvalue weighted by molar-refractivity contribution is 6.31. The lowest BCUT2D eigenvalue weighted by molar-refractivity contribution is -0.137. The molecule has 0 bridgehead atoms. The third-order valence-corrected chi connectivity index (χ3v) is 2.03. The molecule has 1 rings (SSSR count). The van der Waals surface area contributed by atoms with Crippen LogP contribution in [0, 0.1) is 5.82 Å². The molecule has 0 saturated carbocycles. The summed E-state index contributed by atoms with van der Waals surface area (Å²) in [6, 6.07) is 1.03. The Morgan fingerprint density at radius 2 is 1.84 bits per heavy atom. The molecule has 106 valence electrons. The van der Waals surface area contributed by atoms with E-state index in [1.165, 1.54) is 0 Å². The number of nitrogens with zero attached hydrogens (tertiary/aromatic N) is 2. The Labute approximate surface area is 116 Å². The Balaban J connectivity index is 0.00000324. The number of guanidine groups is 1. The lowest BCUT2D eigenvalue weighted by Crippen LogP contribution is -2.21. The monoisotopic (exact) mass is 318 g/mol. The zero-order valence-corrected chi connectivity index (χ0v) is 10.7. The van der Waals surface area contributed by atoms with Crippen molar-refractivity contribution in [3.05, 3.63) is 34.1 Å². The Morgan fingerprint density at radius 1 is 1.26 bits per heavy atom. The summed E-state index contributed by atoms with van der Waals surface area (Å²) in [4.78, 5) is 0. The number of hydrogen-bond donors (Lipinski definition) is 2. The van der Waals surface area contributed by atoms with Crippen molar-refractivity contribution in [2.24, 2.45) is 21.7 Å². The Morgan fingerprint density at radius 3 is 2.32 bits per heavy atom. The van der Waals surface area contributed by atoms with E-state index in [1.807, 2.05) is 0 Å². The lowest BCUT2D eigenvalue weighted by atomic mass is 10.1. The molecule has 0 atom stereocenters. The second-order valence-electron chi connectivity index (χ2n) is 3.13. The van der Waals surface area contributed by atoms with Crippen LogP contribution in [0.1, 0.15) is 11.1 Å². The van der Waals surface area contributed by atoms with Crippen LogP contribution in [0.5, 0.6) is 0 Å². The van der Waals surface area contributed by atoms with Crippen molar-refractivity contribution >= 4 is 36.2 Å². The maximum atomic E-state index is 13.4. The highest BCUT2D eigenvalue weighted by atomic mass is 35.5. The lowest BCUT2D eigenvalue weighted by Gasteiger charge is -2.08. The molecule has 0 radical (unpaired) electrons. The van der Waals surface area contributed by atoms with Gasteiger partial charge in [0.05, 0.1) is 16.8 Å². The third-order valence-electron chi connectivity index (χ3n) is 1.75. The van der Waals surface area contributed by atoms with Crippen molar-refractivity contribution in [3.63, 3.8) is 0 Å². The fourth-order valence-corrected chi connectivity index (χ4v) is 1.25. The first kappa shape index (κ1) is 17.5. The fraction of sp³-hybridized carbons (Fsp3) is 0.111. The van der Waals surface area contributed by atoms with Gasteiger partial charge in [0, 0.05) is 5.56 Å². The van der Waals surface area contributed by atoms with Crippen molar-refractivity contribution in [2.75, 3.05) is 0 Å². The molecule has 0 unspecified atom stereocenters. The van der Waals surface area contributed by atoms with Gasteiger partial charge in [-0.3, -0.25) is 0 Å². The van der Waals surface area contributed by atoms with Crippen LogP contribution in [0.25, 0.3) is 0 Å². The molecule has 4 N–H and O–H groups in total. The highest BCUT2D eigenvalue weighted by Crippen LogP contribution is 2.32. The van der Waals surface area contributed by atoms with Gasteiger partial charge < -0.3 is 11.5 Å². The van der Waals surface area contributed by atoms with Crippen LogP contribution < -0.4 is 11.5 Å². The summed E-state index contributed by atoms with van der Waals surface area (Å²) in [5.41, 5.74) is 8.31. The zero-order chi connectivity index (χ0) is 13.9. The fourth-order valence-electron chi connectivity index (χ4n) is 1.03. The number of alkyl halides is 3. The second-order valence-corrected chi connectivity index (χ2v) is 3.54. The van der Waals surface area contributed by atoms with Crippen LogP contribution in [0.4, 0.5) is 17.6 Å². The van der Waals surface area contributed by atoms with E-state index in [1.54, 1.807) is 0 Å². The average Bonchev–Trinajstić information content (AvgIpc) is 2.22. The Bertz CT molecular complexity index is 510. The molecular formula is C9H8Cl2F4N4. The minimum Gasteiger partial charge on any atom is -0.369 e. The molecule has 1 aromatic rings. The van der Waals surface area contributed by atoms with Gasteiger partial charge in [0.2, 0.25) is 5.96 Å². The normalized spacial score (nSPS) is 11.2. The standard InChI is InChI=1S/C9H7ClF4N4.ClH/c10-6-2-5(9(12,13)14)1-4(7(6)11)3-17-18-8(15)16;/h1-3H,(H4,15,16,18);1H/b17-3+;. The van der Waals surface area contributed by atoms with Gasteiger partial charge >= 0.3 is 6.18 Å². The van der Waals surface area contributed by atoms with Gasteiger partial charge in [-0.2, -0.15) is 18.3 Å². The summed E-state index contributed by atoms with van der Waals surface area (Å²) in [5, 5.41) is 5.68. The van der Waals surface area contributed by atoms with E-state index in [4.69, 9.17) is 23.1 Å². The number of nitrogens with two attached hydrogens (primary N) is 2. The predicted molar refractivity (Wildman–Crippen MR) is 67.1 cm³/mol. The van der Waals surface area contributed by atoms with E-state index in [0.717, 1.165) is 6.21 Å². The van der Waals surface area contributed by atoms with Gasteiger partial charge in [-0.25, -0.2) is 4.39 Å². The summed E-state index contributed by atoms with van der Waals surface area (Å²) < 4.78 is 50.7. The SMILES string of the molecule is Cl.NC(N)=N/N=C/c1cc(C(F)(F)F)cc(Cl)c1F. The molecule has 10 heteroatoms. The van der Waals surface area contributed by atoms with Crippen molar-refractivity contribution in [2.45, 2.75) is 6.18 Å². The molecule has 0 aliphatic heterocycles. The minimum atomic E-state index is -4.64. The van der Waals surface area contributed by atoms with Crippen molar-refractivity contribution in [3.8, 4) is 0 Å². The molecule has 0 saturated heterocycles. The maximum Gasteiger partial charge on any atom is 0.416 e. The molecule has 0 aliphatic carbocycles. The smallest absolute Gasteiger partial charge is 0.369 e. The molecule has 0 amide bonds. The largest absolute Gasteiger partial charge is 0.416 e. The van der Waals surface area contributed by atoms with Crippen molar-refractivity contribution in [1.82, 2.24) is 0 Å². The second kappa shape index (κ2) is 6.58. The zero-order valence-electron chi connectivity index (χ0n) is 9.08. The Kier molecular flexibility index (Phi) is 6.04. The van der Waals surface area contributed by atoms with Crippen LogP contribution in [-0.4, -0.2) is 12.2 Å². The van der Waals surface area contributed by atoms with Gasteiger partial charge in [0.1, 0.15) is 0 Å². The van der Waals surface area contributed by atoms with Crippen molar-refractivity contribution in [1.29, 1.82) is 0 Å². The van der Waals surface area contributed by atoms with Gasteiger partial charge in [-0.1, -0.05) is 11.6 Å². The highest BCUT2D eigenvalue weighted by Gasteiger charge is 2.32. The van der Waals surface area contributed by atoms with E-state index < -0.39 is 34.1 Å². The Hall–Kier alpha value is -1.54. The molecule has 4 nitrogen and oxygen atoms in total. The first-order valence-corrected chi connectivity index (χ1v) is 4.78. The third kappa shape index (κ3) is 4.92. The topological polar surface area (TPSA) is 76.8 Å². The van der Waals surface area contributed by atoms with Gasteiger partial charge in [-0.15, -0.1) is 17.5 Å². The molecule has 0 heterocycles. The number of benzene rings is 1. The van der Waals surface area contributed by atoms with Crippen LogP contribution in [0.3, 0.4) is 0 Å². The summed E-state index contributed by atoms with van der Waals surface area (Å²) in [7, 11) is 0. The van der Waals surface area contributed by atoms with E-state index in [-0.39, 0.29) is 12.4 Å². The molecule has 1 aromatic carbocycles. The molecule has 0 fully saturated rings. The average molecular weight is 319 g/mol. The summed E-state index contributed by atoms with van der Waals surface area (Å²) in [5.74, 6) is -1.45. The predicted octanol–water partition coefficient (Wildman–Crippen LogP) is 2.53. The first-order valence-electron chi connectivity index (χ1n) is 4.40. The van der Waals surface area contributed by atoms with Gasteiger partial charge in [0.15, 0.2) is 5.82 Å². The first-order chi connectivity index (χ1) is 8.21. The number of halogens is 6. The summed E-state index contributed by atoms with van der Waals surface area (Å²) in [6.45, 7) is 0. The molecule has 0 spiro atoms. The van der Waals surface area contributed by atoms with Gasteiger partial charge in [-0.05, 0) is 12.1 Å². The van der Waals surface area contributed by atoms with E-state index in [0.29, 0.717) is 12.1 Å². The molecule has 0 aliphatic rings. The number of hydrogen-bond acceptors (Lipinski definition) is 2. The molecular weight excluding hydrogens is 311 g/mol. The summed E-state index contributed by atoms with van der Waals surface area (Å²) >= 11 is 5.34. The molecule has 0 aromatic heterocycles. The minimum absolute atomic E-state index is 0. The number of rotatable bonds is 2. The van der Waals surface area contributed by atoms with Gasteiger partial charge in [0.25, 0.3) is 0 Å². The van der Waals surface area contributed by atoms with Crippen LogP contribution in [-0.2, 0) is 6.18 Å². The van der Waals surface area contributed by atoms with E-state index >= 15 is 0 Å². The van der Waals surface area contributed by atoms with Crippen LogP contribution in [0.15, 0.2) is 22.3 Å². The summed E-state index contributed by atoms with van der Waals surface area (Å²) in [6.07, 6.45) is -3.91. The quantitative estimate of drug-likeness (QED) is 0.380. The van der Waals surface area contributed by atoms with E-state index in [2.05, 4.69) is 10.2 Å².